The van der Waals surface area contributed by atoms with Gasteiger partial charge in [0.1, 0.15) is 10.3 Å². The highest BCUT2D eigenvalue weighted by atomic mass is 35.5. The summed E-state index contributed by atoms with van der Waals surface area (Å²) in [6.45, 7) is 0. The van der Waals surface area contributed by atoms with Gasteiger partial charge in [0.25, 0.3) is 0 Å². The molecule has 0 aliphatic heterocycles. The van der Waals surface area contributed by atoms with Crippen LogP contribution in [0.1, 0.15) is 0 Å². The maximum absolute atomic E-state index is 6.47. The molecule has 2 aromatic carbocycles. The Morgan fingerprint density at radius 3 is 2.17 bits per heavy atom. The number of benzene rings is 2. The van der Waals surface area contributed by atoms with Crippen LogP contribution in [0.2, 0.25) is 10.3 Å². The second-order valence-electron chi connectivity index (χ2n) is 5.30. The van der Waals surface area contributed by atoms with E-state index in [1.165, 1.54) is 0 Å². The molecular weight excluding hydrogens is 347 g/mol. The first-order valence-electron chi connectivity index (χ1n) is 7.23. The molecular formula is C18H12Cl2N2O2. The molecule has 0 bridgehead atoms. The fourth-order valence-electron chi connectivity index (χ4n) is 2.94. The summed E-state index contributed by atoms with van der Waals surface area (Å²) in [7, 11) is 3.16. The zero-order chi connectivity index (χ0) is 16.8. The number of pyridine rings is 2. The van der Waals surface area contributed by atoms with E-state index in [1.807, 2.05) is 30.3 Å². The van der Waals surface area contributed by atoms with Crippen LogP contribution in [-0.4, -0.2) is 24.2 Å². The van der Waals surface area contributed by atoms with Crippen molar-refractivity contribution in [2.24, 2.45) is 0 Å². The molecule has 4 nitrogen and oxygen atoms in total. The van der Waals surface area contributed by atoms with Crippen molar-refractivity contribution in [1.29, 1.82) is 0 Å². The molecule has 0 atom stereocenters. The van der Waals surface area contributed by atoms with Crippen molar-refractivity contribution in [2.45, 2.75) is 0 Å². The van der Waals surface area contributed by atoms with E-state index < -0.39 is 0 Å². The van der Waals surface area contributed by atoms with E-state index in [9.17, 15) is 0 Å². The molecule has 0 saturated heterocycles. The topological polar surface area (TPSA) is 44.2 Å². The van der Waals surface area contributed by atoms with Gasteiger partial charge in [-0.05, 0) is 18.2 Å². The van der Waals surface area contributed by atoms with Crippen molar-refractivity contribution < 1.29 is 9.47 Å². The molecule has 0 fully saturated rings. The lowest BCUT2D eigenvalue weighted by molar-refractivity contribution is 0.356. The first kappa shape index (κ1) is 15.2. The third-order valence-corrected chi connectivity index (χ3v) is 4.61. The van der Waals surface area contributed by atoms with E-state index in [-0.39, 0.29) is 0 Å². The van der Waals surface area contributed by atoms with Crippen molar-refractivity contribution in [3.8, 4) is 11.5 Å². The standard InChI is InChI=1S/C18H12Cl2N2O2/c1-23-13-7-10-11(8-14(13)24-2)17(19)22-16-9-5-3-4-6-12(9)21-18(20)15(10)16/h3-8H,1-2H3. The van der Waals surface area contributed by atoms with Crippen molar-refractivity contribution in [1.82, 2.24) is 9.97 Å². The Morgan fingerprint density at radius 2 is 1.46 bits per heavy atom. The maximum Gasteiger partial charge on any atom is 0.161 e. The van der Waals surface area contributed by atoms with Crippen LogP contribution in [-0.2, 0) is 0 Å². The Hall–Kier alpha value is -2.30. The zero-order valence-electron chi connectivity index (χ0n) is 12.9. The normalized spacial score (nSPS) is 11.3. The lowest BCUT2D eigenvalue weighted by Crippen LogP contribution is -1.94. The molecule has 24 heavy (non-hydrogen) atoms. The van der Waals surface area contributed by atoms with E-state index in [1.54, 1.807) is 20.3 Å². The predicted octanol–water partition coefficient (Wildman–Crippen LogP) is 5.26. The Morgan fingerprint density at radius 1 is 0.792 bits per heavy atom. The van der Waals surface area contributed by atoms with Gasteiger partial charge in [0.15, 0.2) is 11.5 Å². The second kappa shape index (κ2) is 5.65. The van der Waals surface area contributed by atoms with Gasteiger partial charge in [-0.1, -0.05) is 41.4 Å². The number of halogens is 2. The molecule has 6 heteroatoms. The minimum atomic E-state index is 0.380. The first-order chi connectivity index (χ1) is 11.6. The van der Waals surface area contributed by atoms with Crippen molar-refractivity contribution in [3.05, 3.63) is 46.7 Å². The summed E-state index contributed by atoms with van der Waals surface area (Å²) < 4.78 is 10.8. The third kappa shape index (κ3) is 2.14. The number of fused-ring (bicyclic) bond motifs is 5. The minimum absolute atomic E-state index is 0.380. The average molecular weight is 359 g/mol. The van der Waals surface area contributed by atoms with E-state index >= 15 is 0 Å². The van der Waals surface area contributed by atoms with Gasteiger partial charge < -0.3 is 9.47 Å². The smallest absolute Gasteiger partial charge is 0.161 e. The van der Waals surface area contributed by atoms with Gasteiger partial charge in [0.2, 0.25) is 0 Å². The largest absolute Gasteiger partial charge is 0.493 e. The number of nitrogens with zero attached hydrogens (tertiary/aromatic N) is 2. The Kier molecular flexibility index (Phi) is 3.59. The van der Waals surface area contributed by atoms with Gasteiger partial charge >= 0.3 is 0 Å². The van der Waals surface area contributed by atoms with E-state index in [0.717, 1.165) is 32.6 Å². The Balaban J connectivity index is 2.27. The summed E-state index contributed by atoms with van der Waals surface area (Å²) in [6.07, 6.45) is 0. The van der Waals surface area contributed by atoms with Crippen LogP contribution < -0.4 is 9.47 Å². The number of ether oxygens (including phenoxy) is 2. The first-order valence-corrected chi connectivity index (χ1v) is 7.99. The molecule has 0 aliphatic rings. The molecule has 0 radical (unpaired) electrons. The van der Waals surface area contributed by atoms with Crippen LogP contribution in [0.3, 0.4) is 0 Å². The van der Waals surface area contributed by atoms with Gasteiger partial charge in [-0.15, -0.1) is 0 Å². The molecule has 2 heterocycles. The molecule has 0 aliphatic carbocycles. The molecule has 4 rings (SSSR count). The maximum atomic E-state index is 6.47. The molecule has 120 valence electrons. The predicted molar refractivity (Wildman–Crippen MR) is 97.7 cm³/mol. The van der Waals surface area contributed by atoms with Crippen LogP contribution in [0.15, 0.2) is 36.4 Å². The van der Waals surface area contributed by atoms with Crippen LogP contribution in [0.25, 0.3) is 32.6 Å². The number of para-hydroxylation sites is 1. The molecule has 2 aromatic heterocycles. The fraction of sp³-hybridized carbons (Fsp3) is 0.111. The van der Waals surface area contributed by atoms with E-state index in [0.29, 0.717) is 21.8 Å². The number of hydrogen-bond acceptors (Lipinski definition) is 4. The van der Waals surface area contributed by atoms with Crippen molar-refractivity contribution >= 4 is 55.8 Å². The Bertz CT molecular complexity index is 1110. The average Bonchev–Trinajstić information content (AvgIpc) is 2.60. The lowest BCUT2D eigenvalue weighted by Gasteiger charge is -2.13. The summed E-state index contributed by atoms with van der Waals surface area (Å²) >= 11 is 12.9. The van der Waals surface area contributed by atoms with Gasteiger partial charge in [-0.3, -0.25) is 0 Å². The third-order valence-electron chi connectivity index (χ3n) is 4.05. The number of aromatic nitrogens is 2. The van der Waals surface area contributed by atoms with Crippen LogP contribution >= 0.6 is 23.2 Å². The summed E-state index contributed by atoms with van der Waals surface area (Å²) in [5, 5.41) is 3.97. The number of rotatable bonds is 2. The SMILES string of the molecule is COc1cc2c(Cl)nc3c4ccccc4nc(Cl)c3c2cc1OC. The molecule has 0 saturated carbocycles. The second-order valence-corrected chi connectivity index (χ2v) is 6.01. The van der Waals surface area contributed by atoms with Crippen LogP contribution in [0.4, 0.5) is 0 Å². The summed E-state index contributed by atoms with van der Waals surface area (Å²) in [6, 6.07) is 11.4. The molecule has 0 unspecified atom stereocenters. The van der Waals surface area contributed by atoms with Gasteiger partial charge in [0, 0.05) is 21.5 Å². The summed E-state index contributed by atoms with van der Waals surface area (Å²) in [5.74, 6) is 1.18. The minimum Gasteiger partial charge on any atom is -0.493 e. The van der Waals surface area contributed by atoms with Gasteiger partial charge in [-0.25, -0.2) is 9.97 Å². The molecule has 4 aromatic rings. The fourth-order valence-corrected chi connectivity index (χ4v) is 3.46. The van der Waals surface area contributed by atoms with Crippen molar-refractivity contribution in [3.63, 3.8) is 0 Å². The highest BCUT2D eigenvalue weighted by molar-refractivity contribution is 6.41. The van der Waals surface area contributed by atoms with Crippen molar-refractivity contribution in [2.75, 3.05) is 14.2 Å². The van der Waals surface area contributed by atoms with Crippen LogP contribution in [0, 0.1) is 0 Å². The molecule has 0 N–H and O–H groups in total. The van der Waals surface area contributed by atoms with Gasteiger partial charge in [0.05, 0.1) is 25.3 Å². The summed E-state index contributed by atoms with van der Waals surface area (Å²) in [4.78, 5) is 9.06. The number of hydrogen-bond donors (Lipinski definition) is 0. The number of methoxy groups -OCH3 is 2. The summed E-state index contributed by atoms with van der Waals surface area (Å²) in [5.41, 5.74) is 1.49. The molecule has 0 amide bonds. The monoisotopic (exact) mass is 358 g/mol. The van der Waals surface area contributed by atoms with E-state index in [2.05, 4.69) is 9.97 Å². The highest BCUT2D eigenvalue weighted by Gasteiger charge is 2.17. The van der Waals surface area contributed by atoms with Gasteiger partial charge in [-0.2, -0.15) is 0 Å². The Labute approximate surface area is 147 Å². The lowest BCUT2D eigenvalue weighted by atomic mass is 10.0. The zero-order valence-corrected chi connectivity index (χ0v) is 14.4. The van der Waals surface area contributed by atoms with Crippen LogP contribution in [0.5, 0.6) is 11.5 Å². The quantitative estimate of drug-likeness (QED) is 0.362. The highest BCUT2D eigenvalue weighted by Crippen LogP contribution is 2.41. The van der Waals surface area contributed by atoms with E-state index in [4.69, 9.17) is 32.7 Å². The molecule has 0 spiro atoms.